The van der Waals surface area contributed by atoms with Crippen LogP contribution in [0.15, 0.2) is 18.2 Å². The third-order valence-corrected chi connectivity index (χ3v) is 4.64. The molecule has 104 valence electrons. The average Bonchev–Trinajstić information content (AvgIpc) is 2.94. The van der Waals surface area contributed by atoms with Crippen molar-refractivity contribution >= 4 is 5.69 Å². The van der Waals surface area contributed by atoms with Crippen LogP contribution in [0.4, 0.5) is 5.69 Å². The molecule has 19 heavy (non-hydrogen) atoms. The predicted molar refractivity (Wildman–Crippen MR) is 80.6 cm³/mol. The van der Waals surface area contributed by atoms with E-state index >= 15 is 0 Å². The summed E-state index contributed by atoms with van der Waals surface area (Å²) in [5, 5.41) is 0. The SMILES string of the molecule is CN1CCCc2cc([C@H](CN)N3CCCC3)ccc21. The third-order valence-electron chi connectivity index (χ3n) is 4.64. The van der Waals surface area contributed by atoms with Crippen molar-refractivity contribution in [2.24, 2.45) is 5.73 Å². The number of anilines is 1. The molecule has 2 aliphatic heterocycles. The van der Waals surface area contributed by atoms with E-state index in [1.54, 1.807) is 0 Å². The van der Waals surface area contributed by atoms with Crippen molar-refractivity contribution in [2.45, 2.75) is 31.7 Å². The third kappa shape index (κ3) is 2.49. The number of likely N-dealkylation sites (tertiary alicyclic amines) is 1. The van der Waals surface area contributed by atoms with Gasteiger partial charge in [0.05, 0.1) is 0 Å². The Bertz CT molecular complexity index is 438. The lowest BCUT2D eigenvalue weighted by atomic mass is 9.96. The van der Waals surface area contributed by atoms with Gasteiger partial charge in [0.15, 0.2) is 0 Å². The summed E-state index contributed by atoms with van der Waals surface area (Å²) in [5.74, 6) is 0. The van der Waals surface area contributed by atoms with Crippen molar-refractivity contribution in [1.82, 2.24) is 4.90 Å². The highest BCUT2D eigenvalue weighted by Gasteiger charge is 2.23. The van der Waals surface area contributed by atoms with E-state index in [0.717, 1.165) is 6.54 Å². The van der Waals surface area contributed by atoms with E-state index in [0.29, 0.717) is 6.04 Å². The summed E-state index contributed by atoms with van der Waals surface area (Å²) in [6, 6.07) is 7.40. The number of hydrogen-bond acceptors (Lipinski definition) is 3. The number of aryl methyl sites for hydroxylation is 1. The molecule has 2 N–H and O–H groups in total. The molecule has 0 amide bonds. The molecule has 0 unspecified atom stereocenters. The van der Waals surface area contributed by atoms with Gasteiger partial charge in [-0.15, -0.1) is 0 Å². The van der Waals surface area contributed by atoms with Gasteiger partial charge < -0.3 is 10.6 Å². The molecule has 2 aliphatic rings. The standard InChI is InChI=1S/C16H25N3/c1-18-8-4-5-13-11-14(6-7-15(13)18)16(12-17)19-9-2-3-10-19/h6-7,11,16H,2-5,8-10,12,17H2,1H3/t16-/m0/s1. The van der Waals surface area contributed by atoms with Crippen molar-refractivity contribution in [3.8, 4) is 0 Å². The van der Waals surface area contributed by atoms with E-state index in [-0.39, 0.29) is 0 Å². The minimum Gasteiger partial charge on any atom is -0.374 e. The number of nitrogens with zero attached hydrogens (tertiary/aromatic N) is 2. The topological polar surface area (TPSA) is 32.5 Å². The first-order chi connectivity index (χ1) is 9.29. The largest absolute Gasteiger partial charge is 0.374 e. The van der Waals surface area contributed by atoms with Gasteiger partial charge in [0, 0.05) is 31.9 Å². The zero-order valence-electron chi connectivity index (χ0n) is 11.9. The summed E-state index contributed by atoms with van der Waals surface area (Å²) in [5.41, 5.74) is 10.4. The molecule has 2 heterocycles. The van der Waals surface area contributed by atoms with E-state index in [2.05, 4.69) is 35.0 Å². The first-order valence-corrected chi connectivity index (χ1v) is 7.57. The maximum Gasteiger partial charge on any atom is 0.0470 e. The van der Waals surface area contributed by atoms with Gasteiger partial charge >= 0.3 is 0 Å². The first-order valence-electron chi connectivity index (χ1n) is 7.57. The molecule has 3 rings (SSSR count). The lowest BCUT2D eigenvalue weighted by Crippen LogP contribution is -2.32. The summed E-state index contributed by atoms with van der Waals surface area (Å²) in [4.78, 5) is 4.92. The van der Waals surface area contributed by atoms with Gasteiger partial charge in [-0.1, -0.05) is 12.1 Å². The predicted octanol–water partition coefficient (Wildman–Crippen LogP) is 2.16. The van der Waals surface area contributed by atoms with Gasteiger partial charge in [-0.05, 0) is 56.0 Å². The number of benzene rings is 1. The Labute approximate surface area is 116 Å². The Morgan fingerprint density at radius 1 is 1.16 bits per heavy atom. The fraction of sp³-hybridized carbons (Fsp3) is 0.625. The van der Waals surface area contributed by atoms with Gasteiger partial charge in [0.1, 0.15) is 0 Å². The Morgan fingerprint density at radius 2 is 1.95 bits per heavy atom. The van der Waals surface area contributed by atoms with Crippen molar-refractivity contribution in [1.29, 1.82) is 0 Å². The molecule has 1 aromatic rings. The van der Waals surface area contributed by atoms with Crippen LogP contribution in [0, 0.1) is 0 Å². The van der Waals surface area contributed by atoms with Crippen LogP contribution in [0.2, 0.25) is 0 Å². The number of rotatable bonds is 3. The monoisotopic (exact) mass is 259 g/mol. The molecule has 0 radical (unpaired) electrons. The minimum atomic E-state index is 0.417. The maximum atomic E-state index is 6.04. The number of fused-ring (bicyclic) bond motifs is 1. The van der Waals surface area contributed by atoms with Gasteiger partial charge in [-0.25, -0.2) is 0 Å². The van der Waals surface area contributed by atoms with Gasteiger partial charge in [-0.2, -0.15) is 0 Å². The zero-order valence-corrected chi connectivity index (χ0v) is 11.9. The fourth-order valence-electron chi connectivity index (χ4n) is 3.56. The second-order valence-electron chi connectivity index (χ2n) is 5.91. The summed E-state index contributed by atoms with van der Waals surface area (Å²) < 4.78 is 0. The lowest BCUT2D eigenvalue weighted by Gasteiger charge is -2.31. The van der Waals surface area contributed by atoms with Crippen LogP contribution in [-0.4, -0.2) is 38.1 Å². The van der Waals surface area contributed by atoms with Crippen molar-refractivity contribution in [2.75, 3.05) is 38.1 Å². The second kappa shape index (κ2) is 5.51. The van der Waals surface area contributed by atoms with E-state index in [4.69, 9.17) is 5.73 Å². The maximum absolute atomic E-state index is 6.04. The van der Waals surface area contributed by atoms with Crippen LogP contribution >= 0.6 is 0 Å². The Kier molecular flexibility index (Phi) is 3.76. The molecular formula is C16H25N3. The molecule has 3 nitrogen and oxygen atoms in total. The van der Waals surface area contributed by atoms with Crippen LogP contribution in [0.25, 0.3) is 0 Å². The molecule has 0 aliphatic carbocycles. The summed E-state index contributed by atoms with van der Waals surface area (Å²) >= 11 is 0. The summed E-state index contributed by atoms with van der Waals surface area (Å²) in [6.07, 6.45) is 5.13. The van der Waals surface area contributed by atoms with E-state index in [1.807, 2.05) is 0 Å². The van der Waals surface area contributed by atoms with Crippen LogP contribution < -0.4 is 10.6 Å². The molecule has 1 fully saturated rings. The number of hydrogen-bond donors (Lipinski definition) is 1. The fourth-order valence-corrected chi connectivity index (χ4v) is 3.56. The van der Waals surface area contributed by atoms with Crippen molar-refractivity contribution < 1.29 is 0 Å². The first kappa shape index (κ1) is 12.9. The molecule has 0 spiro atoms. The molecular weight excluding hydrogens is 234 g/mol. The normalized spacial score (nSPS) is 21.5. The summed E-state index contributed by atoms with van der Waals surface area (Å²) in [6.45, 7) is 4.32. The van der Waals surface area contributed by atoms with Crippen LogP contribution in [0.1, 0.15) is 36.4 Å². The molecule has 0 bridgehead atoms. The highest BCUT2D eigenvalue weighted by Crippen LogP contribution is 2.31. The highest BCUT2D eigenvalue weighted by molar-refractivity contribution is 5.56. The lowest BCUT2D eigenvalue weighted by molar-refractivity contribution is 0.251. The molecule has 1 aromatic carbocycles. The van der Waals surface area contributed by atoms with Crippen LogP contribution in [-0.2, 0) is 6.42 Å². The molecule has 0 saturated carbocycles. The van der Waals surface area contributed by atoms with E-state index in [1.165, 1.54) is 62.1 Å². The van der Waals surface area contributed by atoms with Gasteiger partial charge in [-0.3, -0.25) is 4.90 Å². The van der Waals surface area contributed by atoms with Crippen molar-refractivity contribution in [3.05, 3.63) is 29.3 Å². The quantitative estimate of drug-likeness (QED) is 0.903. The second-order valence-corrected chi connectivity index (χ2v) is 5.91. The van der Waals surface area contributed by atoms with Crippen LogP contribution in [0.3, 0.4) is 0 Å². The van der Waals surface area contributed by atoms with Gasteiger partial charge in [0.25, 0.3) is 0 Å². The van der Waals surface area contributed by atoms with E-state index < -0.39 is 0 Å². The molecule has 0 aromatic heterocycles. The number of nitrogens with two attached hydrogens (primary N) is 1. The van der Waals surface area contributed by atoms with Crippen molar-refractivity contribution in [3.63, 3.8) is 0 Å². The van der Waals surface area contributed by atoms with E-state index in [9.17, 15) is 0 Å². The molecule has 3 heteroatoms. The smallest absolute Gasteiger partial charge is 0.0470 e. The Hall–Kier alpha value is -1.06. The highest BCUT2D eigenvalue weighted by atomic mass is 15.2. The summed E-state index contributed by atoms with van der Waals surface area (Å²) in [7, 11) is 2.19. The molecule has 1 saturated heterocycles. The minimum absolute atomic E-state index is 0.417. The van der Waals surface area contributed by atoms with Gasteiger partial charge in [0.2, 0.25) is 0 Å². The Morgan fingerprint density at radius 3 is 2.68 bits per heavy atom. The zero-order chi connectivity index (χ0) is 13.2. The molecule has 1 atom stereocenters. The average molecular weight is 259 g/mol. The van der Waals surface area contributed by atoms with Crippen LogP contribution in [0.5, 0.6) is 0 Å². The Balaban J connectivity index is 1.87.